The third kappa shape index (κ3) is 1.39. The molecule has 2 aromatic heterocycles. The highest BCUT2D eigenvalue weighted by Crippen LogP contribution is 2.26. The van der Waals surface area contributed by atoms with Crippen molar-refractivity contribution in [3.8, 4) is 0 Å². The summed E-state index contributed by atoms with van der Waals surface area (Å²) in [5, 5.41) is 4.18. The Morgan fingerprint density at radius 3 is 2.71 bits per heavy atom. The van der Waals surface area contributed by atoms with Crippen LogP contribution in [0.15, 0.2) is 24.5 Å². The summed E-state index contributed by atoms with van der Waals surface area (Å²) < 4.78 is 14.7. The molecule has 0 radical (unpaired) electrons. The maximum Gasteiger partial charge on any atom is 0.126 e. The molecule has 0 N–H and O–H groups in total. The molecule has 0 atom stereocenters. The van der Waals surface area contributed by atoms with Crippen LogP contribution < -0.4 is 0 Å². The van der Waals surface area contributed by atoms with Crippen molar-refractivity contribution in [3.05, 3.63) is 35.9 Å². The molecular formula is C11H13FN2. The highest BCUT2D eigenvalue weighted by Gasteiger charge is 2.18. The minimum Gasteiger partial charge on any atom is -0.240 e. The van der Waals surface area contributed by atoms with Gasteiger partial charge in [0.15, 0.2) is 0 Å². The number of fused-ring (bicyclic) bond motifs is 1. The maximum absolute atomic E-state index is 13.0. The monoisotopic (exact) mass is 192 g/mol. The van der Waals surface area contributed by atoms with Gasteiger partial charge in [-0.25, -0.2) is 8.91 Å². The zero-order valence-corrected chi connectivity index (χ0v) is 8.58. The number of halogens is 1. The second kappa shape index (κ2) is 2.80. The molecule has 2 aromatic rings. The van der Waals surface area contributed by atoms with Gasteiger partial charge in [0.1, 0.15) is 5.82 Å². The summed E-state index contributed by atoms with van der Waals surface area (Å²) in [6.45, 7) is 6.28. The zero-order valence-electron chi connectivity index (χ0n) is 8.58. The summed E-state index contributed by atoms with van der Waals surface area (Å²) in [5.74, 6) is -0.219. The summed E-state index contributed by atoms with van der Waals surface area (Å²) in [6, 6.07) is 2.93. The largest absolute Gasteiger partial charge is 0.240 e. The van der Waals surface area contributed by atoms with Crippen LogP contribution in [0.3, 0.4) is 0 Å². The minimum atomic E-state index is -0.219. The van der Waals surface area contributed by atoms with Gasteiger partial charge < -0.3 is 0 Å². The molecule has 0 spiro atoms. The predicted molar refractivity (Wildman–Crippen MR) is 53.9 cm³/mol. The van der Waals surface area contributed by atoms with Crippen LogP contribution in [0.2, 0.25) is 0 Å². The van der Waals surface area contributed by atoms with E-state index in [0.717, 1.165) is 11.1 Å². The molecule has 0 unspecified atom stereocenters. The van der Waals surface area contributed by atoms with Gasteiger partial charge in [-0.05, 0) is 17.5 Å². The van der Waals surface area contributed by atoms with E-state index in [4.69, 9.17) is 0 Å². The van der Waals surface area contributed by atoms with Crippen LogP contribution in [-0.2, 0) is 5.41 Å². The van der Waals surface area contributed by atoms with Gasteiger partial charge in [-0.3, -0.25) is 0 Å². The van der Waals surface area contributed by atoms with E-state index in [-0.39, 0.29) is 11.2 Å². The van der Waals surface area contributed by atoms with Gasteiger partial charge in [0.2, 0.25) is 0 Å². The number of aromatic nitrogens is 2. The lowest BCUT2D eigenvalue weighted by molar-refractivity contribution is 0.594. The summed E-state index contributed by atoms with van der Waals surface area (Å²) in [5.41, 5.74) is 1.91. The van der Waals surface area contributed by atoms with Gasteiger partial charge in [-0.15, -0.1) is 0 Å². The fourth-order valence-electron chi connectivity index (χ4n) is 1.53. The van der Waals surface area contributed by atoms with Crippen LogP contribution in [0.4, 0.5) is 4.39 Å². The van der Waals surface area contributed by atoms with E-state index in [2.05, 4.69) is 25.9 Å². The van der Waals surface area contributed by atoms with Crippen LogP contribution in [0.1, 0.15) is 26.3 Å². The lowest BCUT2D eigenvalue weighted by Gasteiger charge is -2.16. The smallest absolute Gasteiger partial charge is 0.126 e. The number of pyridine rings is 1. The van der Waals surface area contributed by atoms with E-state index < -0.39 is 0 Å². The Hall–Kier alpha value is -1.38. The van der Waals surface area contributed by atoms with Crippen molar-refractivity contribution in [2.45, 2.75) is 26.2 Å². The van der Waals surface area contributed by atoms with Gasteiger partial charge in [-0.1, -0.05) is 20.8 Å². The molecule has 2 heterocycles. The first-order chi connectivity index (χ1) is 6.48. The molecule has 0 bridgehead atoms. The van der Waals surface area contributed by atoms with Crippen LogP contribution in [-0.4, -0.2) is 9.61 Å². The molecule has 0 aromatic carbocycles. The van der Waals surface area contributed by atoms with E-state index in [9.17, 15) is 4.39 Å². The van der Waals surface area contributed by atoms with E-state index in [0.29, 0.717) is 0 Å². The third-order valence-electron chi connectivity index (χ3n) is 2.29. The van der Waals surface area contributed by atoms with Crippen molar-refractivity contribution in [2.75, 3.05) is 0 Å². The average molecular weight is 192 g/mol. The lowest BCUT2D eigenvalue weighted by Crippen LogP contribution is -2.10. The van der Waals surface area contributed by atoms with Crippen molar-refractivity contribution in [1.82, 2.24) is 9.61 Å². The molecule has 74 valence electrons. The average Bonchev–Trinajstić information content (AvgIpc) is 2.45. The molecule has 0 amide bonds. The van der Waals surface area contributed by atoms with Gasteiger partial charge >= 0.3 is 0 Å². The Morgan fingerprint density at radius 2 is 2.07 bits per heavy atom. The second-order valence-electron chi connectivity index (χ2n) is 4.48. The Morgan fingerprint density at radius 1 is 1.36 bits per heavy atom. The van der Waals surface area contributed by atoms with Crippen molar-refractivity contribution < 1.29 is 4.39 Å². The SMILES string of the molecule is CC(C)(C)c1cnn2ccc(F)cc12. The van der Waals surface area contributed by atoms with E-state index in [1.165, 1.54) is 12.1 Å². The third-order valence-corrected chi connectivity index (χ3v) is 2.29. The molecule has 0 aliphatic rings. The van der Waals surface area contributed by atoms with Gasteiger partial charge in [-0.2, -0.15) is 5.10 Å². The molecule has 0 fully saturated rings. The van der Waals surface area contributed by atoms with Crippen LogP contribution in [0.5, 0.6) is 0 Å². The normalized spacial score (nSPS) is 12.3. The maximum atomic E-state index is 13.0. The zero-order chi connectivity index (χ0) is 10.3. The molecule has 2 nitrogen and oxygen atoms in total. The first-order valence-corrected chi connectivity index (χ1v) is 4.62. The van der Waals surface area contributed by atoms with Crippen molar-refractivity contribution >= 4 is 5.52 Å². The lowest BCUT2D eigenvalue weighted by atomic mass is 9.88. The van der Waals surface area contributed by atoms with Crippen molar-refractivity contribution in [3.63, 3.8) is 0 Å². The van der Waals surface area contributed by atoms with E-state index in [1.807, 2.05) is 0 Å². The Balaban J connectivity index is 2.73. The first-order valence-electron chi connectivity index (χ1n) is 4.62. The quantitative estimate of drug-likeness (QED) is 0.627. The highest BCUT2D eigenvalue weighted by molar-refractivity contribution is 5.56. The standard InChI is InChI=1S/C11H13FN2/c1-11(2,3)9-7-13-14-5-4-8(12)6-10(9)14/h4-7H,1-3H3. The first kappa shape index (κ1) is 9.19. The minimum absolute atomic E-state index is 0.00442. The number of hydrogen-bond donors (Lipinski definition) is 0. The highest BCUT2D eigenvalue weighted by atomic mass is 19.1. The molecule has 0 aliphatic carbocycles. The Kier molecular flexibility index (Phi) is 1.84. The summed E-state index contributed by atoms with van der Waals surface area (Å²) in [7, 11) is 0. The summed E-state index contributed by atoms with van der Waals surface area (Å²) in [6.07, 6.45) is 3.44. The van der Waals surface area contributed by atoms with Gasteiger partial charge in [0.05, 0.1) is 11.7 Å². The van der Waals surface area contributed by atoms with Crippen molar-refractivity contribution in [2.24, 2.45) is 0 Å². The molecule has 2 rings (SSSR count). The molecular weight excluding hydrogens is 179 g/mol. The van der Waals surface area contributed by atoms with Crippen LogP contribution in [0.25, 0.3) is 5.52 Å². The summed E-state index contributed by atoms with van der Waals surface area (Å²) in [4.78, 5) is 0. The number of hydrogen-bond acceptors (Lipinski definition) is 1. The topological polar surface area (TPSA) is 17.3 Å². The molecule has 0 saturated carbocycles. The van der Waals surface area contributed by atoms with Crippen LogP contribution >= 0.6 is 0 Å². The molecule has 3 heteroatoms. The van der Waals surface area contributed by atoms with Gasteiger partial charge in [0.25, 0.3) is 0 Å². The predicted octanol–water partition coefficient (Wildman–Crippen LogP) is 2.77. The fraction of sp³-hybridized carbons (Fsp3) is 0.364. The molecule has 14 heavy (non-hydrogen) atoms. The van der Waals surface area contributed by atoms with E-state index in [1.54, 1.807) is 16.9 Å². The van der Waals surface area contributed by atoms with E-state index >= 15 is 0 Å². The molecule has 0 saturated heterocycles. The van der Waals surface area contributed by atoms with Gasteiger partial charge in [0, 0.05) is 11.8 Å². The number of rotatable bonds is 0. The number of nitrogens with zero attached hydrogens (tertiary/aromatic N) is 2. The van der Waals surface area contributed by atoms with Crippen LogP contribution in [0, 0.1) is 5.82 Å². The summed E-state index contributed by atoms with van der Waals surface area (Å²) >= 11 is 0. The fourth-order valence-corrected chi connectivity index (χ4v) is 1.53. The Labute approximate surface area is 82.4 Å². The second-order valence-corrected chi connectivity index (χ2v) is 4.48. The van der Waals surface area contributed by atoms with Crippen molar-refractivity contribution in [1.29, 1.82) is 0 Å². The Bertz CT molecular complexity index is 466. The molecule has 0 aliphatic heterocycles.